The van der Waals surface area contributed by atoms with E-state index < -0.39 is 24.3 Å². The van der Waals surface area contributed by atoms with Crippen LogP contribution in [0, 0.1) is 0 Å². The van der Waals surface area contributed by atoms with Gasteiger partial charge in [-0.1, -0.05) is 0 Å². The molecule has 0 aromatic heterocycles. The van der Waals surface area contributed by atoms with Crippen molar-refractivity contribution in [1.29, 1.82) is 0 Å². The molecule has 7 N–H and O–H groups in total. The zero-order chi connectivity index (χ0) is 17.1. The second-order valence-corrected chi connectivity index (χ2v) is 5.65. The first-order valence-electron chi connectivity index (χ1n) is 7.41. The minimum Gasteiger partial charge on any atom is -0.507 e. The lowest BCUT2D eigenvalue weighted by atomic mass is 9.94. The highest BCUT2D eigenvalue weighted by atomic mass is 16.6. The van der Waals surface area contributed by atoms with Gasteiger partial charge in [0.2, 0.25) is 0 Å². The number of phenolic OH excluding ortho intramolecular Hbond substituents is 1. The van der Waals surface area contributed by atoms with Gasteiger partial charge in [-0.3, -0.25) is 0 Å². The van der Waals surface area contributed by atoms with Crippen LogP contribution < -0.4 is 11.1 Å². The smallest absolute Gasteiger partial charge is 0.342 e. The molecule has 0 radical (unpaired) electrons. The molecule has 0 aliphatic carbocycles. The molecular weight excluding hydrogens is 304 g/mol. The van der Waals surface area contributed by atoms with Gasteiger partial charge in [0, 0.05) is 5.69 Å². The first kappa shape index (κ1) is 17.5. The van der Waals surface area contributed by atoms with Crippen LogP contribution in [0.2, 0.25) is 0 Å². The van der Waals surface area contributed by atoms with Crippen molar-refractivity contribution >= 4 is 11.7 Å². The predicted molar refractivity (Wildman–Crippen MR) is 80.8 cm³/mol. The number of aliphatic hydroxyl groups is 2. The van der Waals surface area contributed by atoms with Crippen LogP contribution >= 0.6 is 0 Å². The lowest BCUT2D eigenvalue weighted by Gasteiger charge is -2.39. The highest BCUT2D eigenvalue weighted by Gasteiger charge is 2.44. The van der Waals surface area contributed by atoms with Crippen molar-refractivity contribution in [2.75, 3.05) is 19.4 Å². The maximum atomic E-state index is 12.0. The van der Waals surface area contributed by atoms with Crippen LogP contribution in [0.4, 0.5) is 5.69 Å². The zero-order valence-electron chi connectivity index (χ0n) is 13.0. The summed E-state index contributed by atoms with van der Waals surface area (Å²) in [5.74, 6) is -1.03. The molecule has 1 fully saturated rings. The van der Waals surface area contributed by atoms with Gasteiger partial charge in [0.05, 0.1) is 7.05 Å². The molecule has 1 aliphatic rings. The van der Waals surface area contributed by atoms with Crippen molar-refractivity contribution in [1.82, 2.24) is 0 Å². The Bertz CT molecular complexity index is 567. The number of carbonyl (C=O) groups is 1. The third kappa shape index (κ3) is 3.73. The van der Waals surface area contributed by atoms with E-state index in [-0.39, 0.29) is 30.1 Å². The summed E-state index contributed by atoms with van der Waals surface area (Å²) in [6.07, 6.45) is -3.32. The Morgan fingerprint density at radius 3 is 2.74 bits per heavy atom. The fourth-order valence-electron chi connectivity index (χ4n) is 2.73. The van der Waals surface area contributed by atoms with Gasteiger partial charge >= 0.3 is 5.97 Å². The summed E-state index contributed by atoms with van der Waals surface area (Å²) < 4.78 is 10.7. The summed E-state index contributed by atoms with van der Waals surface area (Å²) in [4.78, 5) is 12.0. The van der Waals surface area contributed by atoms with E-state index in [9.17, 15) is 20.1 Å². The number of hydrogen-bond acceptors (Lipinski definition) is 7. The van der Waals surface area contributed by atoms with Gasteiger partial charge < -0.3 is 35.8 Å². The van der Waals surface area contributed by atoms with Crippen LogP contribution in [0.3, 0.4) is 0 Å². The molecule has 0 amide bonds. The number of hydrogen-bond donors (Lipinski definition) is 5. The lowest BCUT2D eigenvalue weighted by molar-refractivity contribution is -0.685. The largest absolute Gasteiger partial charge is 0.507 e. The van der Waals surface area contributed by atoms with Crippen LogP contribution in [0.1, 0.15) is 17.3 Å². The highest BCUT2D eigenvalue weighted by Crippen LogP contribution is 2.22. The molecule has 128 valence electrons. The van der Waals surface area contributed by atoms with E-state index >= 15 is 0 Å². The number of nitrogen functional groups attached to an aromatic ring is 1. The van der Waals surface area contributed by atoms with Gasteiger partial charge in [-0.15, -0.1) is 0 Å². The Balaban J connectivity index is 2.00. The second kappa shape index (κ2) is 7.14. The van der Waals surface area contributed by atoms with E-state index in [0.717, 1.165) is 0 Å². The van der Waals surface area contributed by atoms with Gasteiger partial charge in [0.1, 0.15) is 48.4 Å². The lowest BCUT2D eigenvalue weighted by Crippen LogP contribution is -2.93. The van der Waals surface area contributed by atoms with Crippen LogP contribution in [0.15, 0.2) is 18.2 Å². The van der Waals surface area contributed by atoms with E-state index in [1.807, 2.05) is 0 Å². The van der Waals surface area contributed by atoms with Gasteiger partial charge in [-0.05, 0) is 25.1 Å². The molecule has 8 nitrogen and oxygen atoms in total. The Kier molecular flexibility index (Phi) is 5.42. The first-order chi connectivity index (χ1) is 10.8. The number of anilines is 1. The van der Waals surface area contributed by atoms with Crippen molar-refractivity contribution in [3.8, 4) is 5.75 Å². The zero-order valence-corrected chi connectivity index (χ0v) is 13.0. The normalized spacial score (nSPS) is 30.9. The Morgan fingerprint density at radius 1 is 1.39 bits per heavy atom. The molecule has 0 spiro atoms. The average Bonchev–Trinajstić information content (AvgIpc) is 2.52. The van der Waals surface area contributed by atoms with Gasteiger partial charge in [0.15, 0.2) is 0 Å². The van der Waals surface area contributed by atoms with Crippen LogP contribution in [0.25, 0.3) is 0 Å². The molecule has 23 heavy (non-hydrogen) atoms. The Morgan fingerprint density at radius 2 is 2.09 bits per heavy atom. The Labute approximate surface area is 133 Å². The Hall–Kier alpha value is -1.87. The quantitative estimate of drug-likeness (QED) is 0.250. The number of carbonyl (C=O) groups excluding carboxylic acids is 1. The van der Waals surface area contributed by atoms with Crippen LogP contribution in [0.5, 0.6) is 5.75 Å². The van der Waals surface area contributed by atoms with Crippen molar-refractivity contribution in [3.05, 3.63) is 23.8 Å². The number of phenols is 1. The van der Waals surface area contributed by atoms with Crippen molar-refractivity contribution in [3.63, 3.8) is 0 Å². The first-order valence-corrected chi connectivity index (χ1v) is 7.41. The number of rotatable bonds is 4. The maximum absolute atomic E-state index is 12.0. The summed E-state index contributed by atoms with van der Waals surface area (Å²) in [6.45, 7) is 1.53. The topological polar surface area (TPSA) is 139 Å². The predicted octanol–water partition coefficient (Wildman–Crippen LogP) is -1.80. The summed E-state index contributed by atoms with van der Waals surface area (Å²) in [6, 6.07) is 3.76. The summed E-state index contributed by atoms with van der Waals surface area (Å²) >= 11 is 0. The van der Waals surface area contributed by atoms with E-state index in [0.29, 0.717) is 5.69 Å². The number of ether oxygens (including phenoxy) is 2. The SMILES string of the molecule is C[NH2+]C1[C@H](C)OC(COC(=O)c2cc(N)ccc2O)[C@H](O)[C@@H]1O. The average molecular weight is 327 g/mol. The number of benzene rings is 1. The molecule has 1 saturated heterocycles. The standard InChI is InChI=1S/C15H22N2O6/c1-7-12(17-2)14(20)13(19)11(23-7)6-22-15(21)9-5-8(16)3-4-10(9)18/h3-5,7,11-14,17-20H,6,16H2,1-2H3/p+1/t7-,11?,12?,13-,14+/m0/s1. The van der Waals surface area contributed by atoms with Crippen molar-refractivity contribution < 1.29 is 34.9 Å². The van der Waals surface area contributed by atoms with Gasteiger partial charge in [-0.2, -0.15) is 0 Å². The molecule has 1 heterocycles. The number of aliphatic hydroxyl groups excluding tert-OH is 2. The molecule has 8 heteroatoms. The highest BCUT2D eigenvalue weighted by molar-refractivity contribution is 5.93. The minimum absolute atomic E-state index is 0.0661. The molecule has 0 saturated carbocycles. The fraction of sp³-hybridized carbons (Fsp3) is 0.533. The van der Waals surface area contributed by atoms with E-state index in [2.05, 4.69) is 0 Å². The number of likely N-dealkylation sites (N-methyl/N-ethyl adjacent to an activating group) is 1. The number of aromatic hydroxyl groups is 1. The maximum Gasteiger partial charge on any atom is 0.342 e. The van der Waals surface area contributed by atoms with Gasteiger partial charge in [-0.25, -0.2) is 4.79 Å². The molecule has 1 aromatic rings. The molecule has 0 bridgehead atoms. The third-order valence-corrected chi connectivity index (χ3v) is 4.06. The number of esters is 1. The molecule has 2 unspecified atom stereocenters. The fourth-order valence-corrected chi connectivity index (χ4v) is 2.73. The van der Waals surface area contributed by atoms with Crippen molar-refractivity contribution in [2.24, 2.45) is 0 Å². The summed E-state index contributed by atoms with van der Waals surface area (Å²) in [5.41, 5.74) is 5.82. The summed E-state index contributed by atoms with van der Waals surface area (Å²) in [7, 11) is 1.78. The number of nitrogens with two attached hydrogens (primary N) is 2. The second-order valence-electron chi connectivity index (χ2n) is 5.65. The molecule has 1 aromatic carbocycles. The van der Waals surface area contributed by atoms with Crippen LogP contribution in [-0.4, -0.2) is 65.4 Å². The van der Waals surface area contributed by atoms with Gasteiger partial charge in [0.25, 0.3) is 0 Å². The molecule has 1 aliphatic heterocycles. The third-order valence-electron chi connectivity index (χ3n) is 4.06. The van der Waals surface area contributed by atoms with E-state index in [1.165, 1.54) is 18.2 Å². The van der Waals surface area contributed by atoms with E-state index in [1.54, 1.807) is 19.3 Å². The van der Waals surface area contributed by atoms with Crippen LogP contribution in [-0.2, 0) is 9.47 Å². The monoisotopic (exact) mass is 327 g/mol. The van der Waals surface area contributed by atoms with E-state index in [4.69, 9.17) is 15.2 Å². The minimum atomic E-state index is -1.17. The summed E-state index contributed by atoms with van der Waals surface area (Å²) in [5, 5.41) is 31.6. The molecule has 5 atom stereocenters. The molecule has 2 rings (SSSR count). The number of quaternary nitrogens is 1. The van der Waals surface area contributed by atoms with Crippen molar-refractivity contribution in [2.45, 2.75) is 37.4 Å². The molecular formula is C15H23N2O6+.